The average molecular weight is 365 g/mol. The first kappa shape index (κ1) is 16.1. The van der Waals surface area contributed by atoms with Gasteiger partial charge >= 0.3 is 0 Å². The Morgan fingerprint density at radius 2 is 2.12 bits per heavy atom. The zero-order valence-corrected chi connectivity index (χ0v) is 14.5. The summed E-state index contributed by atoms with van der Waals surface area (Å²) in [6, 6.07) is 7.10. The molecular weight excluding hydrogens is 352 g/mol. The van der Waals surface area contributed by atoms with E-state index in [4.69, 9.17) is 22.6 Å². The summed E-state index contributed by atoms with van der Waals surface area (Å²) in [4.78, 5) is 24.0. The van der Waals surface area contributed by atoms with Gasteiger partial charge in [0.05, 0.1) is 32.9 Å². The monoisotopic (exact) mass is 364 g/mol. The van der Waals surface area contributed by atoms with Crippen LogP contribution in [0.5, 0.6) is 0 Å². The zero-order valence-electron chi connectivity index (χ0n) is 13.7. The molecule has 0 bridgehead atoms. The van der Waals surface area contributed by atoms with Crippen LogP contribution < -0.4 is 11.3 Å². The van der Waals surface area contributed by atoms with Crippen LogP contribution >= 0.6 is 11.6 Å². The van der Waals surface area contributed by atoms with E-state index in [0.717, 1.165) is 16.9 Å². The van der Waals surface area contributed by atoms with Crippen LogP contribution in [0.2, 0.25) is 5.02 Å². The van der Waals surface area contributed by atoms with Crippen molar-refractivity contribution in [1.82, 2.24) is 19.4 Å². The number of pyridine rings is 1. The van der Waals surface area contributed by atoms with Gasteiger partial charge in [0.15, 0.2) is 0 Å². The van der Waals surface area contributed by atoms with E-state index < -0.39 is 0 Å². The van der Waals surface area contributed by atoms with E-state index in [-0.39, 0.29) is 5.56 Å². The predicted molar refractivity (Wildman–Crippen MR) is 99.2 cm³/mol. The quantitative estimate of drug-likeness (QED) is 0.531. The molecule has 0 atom stereocenters. The van der Waals surface area contributed by atoms with Gasteiger partial charge in [0.1, 0.15) is 17.5 Å². The van der Waals surface area contributed by atoms with Gasteiger partial charge in [-0.2, -0.15) is 5.26 Å². The van der Waals surface area contributed by atoms with Gasteiger partial charge < -0.3 is 15.1 Å². The molecule has 0 aliphatic heterocycles. The van der Waals surface area contributed by atoms with Crippen molar-refractivity contribution in [3.05, 3.63) is 68.6 Å². The highest BCUT2D eigenvalue weighted by atomic mass is 35.5. The van der Waals surface area contributed by atoms with Crippen LogP contribution in [0.4, 0.5) is 5.69 Å². The Hall–Kier alpha value is -3.37. The second kappa shape index (κ2) is 5.86. The number of nitrogens with two attached hydrogens (primary N) is 1. The maximum Gasteiger partial charge on any atom is 0.258 e. The van der Waals surface area contributed by atoms with Crippen molar-refractivity contribution in [3.8, 4) is 6.07 Å². The second-order valence-corrected chi connectivity index (χ2v) is 6.47. The molecule has 3 heterocycles. The number of H-pyrrole nitrogens is 1. The molecule has 0 fully saturated rings. The number of aromatic nitrogens is 4. The fourth-order valence-electron chi connectivity index (χ4n) is 2.86. The van der Waals surface area contributed by atoms with Gasteiger partial charge in [0.25, 0.3) is 5.56 Å². The van der Waals surface area contributed by atoms with Crippen molar-refractivity contribution in [2.24, 2.45) is 0 Å². The van der Waals surface area contributed by atoms with E-state index in [0.29, 0.717) is 39.4 Å². The number of nitrogens with zero attached hydrogens (tertiary/aromatic N) is 4. The van der Waals surface area contributed by atoms with Gasteiger partial charge in [-0.25, -0.2) is 9.97 Å². The molecule has 0 aliphatic rings. The number of rotatable bonds is 2. The number of benzene rings is 1. The lowest BCUT2D eigenvalue weighted by atomic mass is 10.2. The summed E-state index contributed by atoms with van der Waals surface area (Å²) in [6.07, 6.45) is 3.90. The van der Waals surface area contributed by atoms with Crippen molar-refractivity contribution in [1.29, 1.82) is 5.26 Å². The molecule has 8 heteroatoms. The first-order valence-electron chi connectivity index (χ1n) is 7.81. The van der Waals surface area contributed by atoms with E-state index >= 15 is 0 Å². The molecule has 3 aromatic heterocycles. The van der Waals surface area contributed by atoms with Crippen LogP contribution in [-0.2, 0) is 6.42 Å². The van der Waals surface area contributed by atoms with E-state index in [9.17, 15) is 4.79 Å². The van der Waals surface area contributed by atoms with Crippen molar-refractivity contribution in [2.75, 3.05) is 5.73 Å². The molecule has 0 unspecified atom stereocenters. The van der Waals surface area contributed by atoms with Crippen molar-refractivity contribution in [2.45, 2.75) is 13.3 Å². The molecule has 128 valence electrons. The van der Waals surface area contributed by atoms with Crippen LogP contribution in [-0.4, -0.2) is 19.4 Å². The number of hydrogen-bond donors (Lipinski definition) is 2. The average Bonchev–Trinajstić information content (AvgIpc) is 2.97. The molecule has 0 radical (unpaired) electrons. The highest BCUT2D eigenvalue weighted by molar-refractivity contribution is 6.33. The van der Waals surface area contributed by atoms with Gasteiger partial charge in [-0.05, 0) is 30.7 Å². The summed E-state index contributed by atoms with van der Waals surface area (Å²) >= 11 is 5.97. The van der Waals surface area contributed by atoms with Crippen LogP contribution in [0.1, 0.15) is 22.6 Å². The summed E-state index contributed by atoms with van der Waals surface area (Å²) in [5.74, 6) is 0.477. The topological polar surface area (TPSA) is 113 Å². The Bertz CT molecular complexity index is 1280. The van der Waals surface area contributed by atoms with Crippen LogP contribution in [0, 0.1) is 18.3 Å². The minimum atomic E-state index is -0.279. The summed E-state index contributed by atoms with van der Waals surface area (Å²) in [6.45, 7) is 1.87. The molecular formula is C18H13ClN6O. The Labute approximate surface area is 152 Å². The highest BCUT2D eigenvalue weighted by Gasteiger charge is 2.10. The molecule has 7 nitrogen and oxygen atoms in total. The highest BCUT2D eigenvalue weighted by Crippen LogP contribution is 2.23. The number of fused-ring (bicyclic) bond motifs is 2. The second-order valence-electron chi connectivity index (χ2n) is 6.06. The first-order valence-corrected chi connectivity index (χ1v) is 8.18. The van der Waals surface area contributed by atoms with Crippen molar-refractivity contribution < 1.29 is 0 Å². The Morgan fingerprint density at radius 1 is 1.31 bits per heavy atom. The number of nitrogens with one attached hydrogen (secondary N) is 1. The molecule has 0 saturated carbocycles. The van der Waals surface area contributed by atoms with Crippen LogP contribution in [0.25, 0.3) is 16.6 Å². The largest absolute Gasteiger partial charge is 0.397 e. The van der Waals surface area contributed by atoms with Gasteiger partial charge in [-0.3, -0.25) is 4.79 Å². The number of hydrogen-bond acceptors (Lipinski definition) is 5. The third kappa shape index (κ3) is 2.66. The van der Waals surface area contributed by atoms with Crippen LogP contribution in [0.15, 0.2) is 35.4 Å². The maximum absolute atomic E-state index is 12.3. The van der Waals surface area contributed by atoms with Crippen LogP contribution in [0.3, 0.4) is 0 Å². The SMILES string of the molecule is Cc1cc2nc(Cc3nc4cc(N)c(Cl)cc4c(=O)[nH]3)cn2cc1C#N. The Morgan fingerprint density at radius 3 is 2.88 bits per heavy atom. The first-order chi connectivity index (χ1) is 12.4. The molecule has 4 rings (SSSR count). The molecule has 1 aromatic carbocycles. The number of nitriles is 1. The maximum atomic E-state index is 12.3. The number of halogens is 1. The Kier molecular flexibility index (Phi) is 3.63. The summed E-state index contributed by atoms with van der Waals surface area (Å²) in [7, 11) is 0. The number of nitrogen functional groups attached to an aromatic ring is 1. The van der Waals surface area contributed by atoms with Gasteiger partial charge in [-0.1, -0.05) is 11.6 Å². The molecule has 0 amide bonds. The fourth-order valence-corrected chi connectivity index (χ4v) is 3.03. The number of aromatic amines is 1. The number of anilines is 1. The summed E-state index contributed by atoms with van der Waals surface area (Å²) in [5, 5.41) is 9.85. The minimum Gasteiger partial charge on any atom is -0.397 e. The lowest BCUT2D eigenvalue weighted by Crippen LogP contribution is -2.12. The number of imidazole rings is 1. The van der Waals surface area contributed by atoms with Gasteiger partial charge in [-0.15, -0.1) is 0 Å². The van der Waals surface area contributed by atoms with E-state index in [1.807, 2.05) is 19.2 Å². The molecule has 0 aliphatic carbocycles. The zero-order chi connectivity index (χ0) is 18.4. The lowest BCUT2D eigenvalue weighted by Gasteiger charge is -2.04. The Balaban J connectivity index is 1.77. The van der Waals surface area contributed by atoms with E-state index in [2.05, 4.69) is 21.0 Å². The van der Waals surface area contributed by atoms with Crippen molar-refractivity contribution in [3.63, 3.8) is 0 Å². The molecule has 3 N–H and O–H groups in total. The third-order valence-electron chi connectivity index (χ3n) is 4.19. The summed E-state index contributed by atoms with van der Waals surface area (Å²) < 4.78 is 1.79. The third-order valence-corrected chi connectivity index (χ3v) is 4.52. The fraction of sp³-hybridized carbons (Fsp3) is 0.111. The smallest absolute Gasteiger partial charge is 0.258 e. The molecule has 26 heavy (non-hydrogen) atoms. The minimum absolute atomic E-state index is 0.279. The van der Waals surface area contributed by atoms with E-state index in [1.165, 1.54) is 6.07 Å². The predicted octanol–water partition coefficient (Wildman–Crippen LogP) is 2.58. The normalized spacial score (nSPS) is 11.1. The van der Waals surface area contributed by atoms with Gasteiger partial charge in [0.2, 0.25) is 0 Å². The number of aryl methyl sites for hydroxylation is 1. The van der Waals surface area contributed by atoms with Gasteiger partial charge in [0, 0.05) is 18.8 Å². The molecule has 0 saturated heterocycles. The van der Waals surface area contributed by atoms with Crippen molar-refractivity contribution >= 4 is 33.8 Å². The standard InChI is InChI=1S/C18H13ClN6O/c1-9-2-17-22-11(8-25(17)7-10(9)6-20)3-16-23-15-5-14(21)13(19)4-12(15)18(26)24-16/h2,4-5,7-8H,3,21H2,1H3,(H,23,24,26). The molecule has 0 spiro atoms. The lowest BCUT2D eigenvalue weighted by molar-refractivity contribution is 0.950. The summed E-state index contributed by atoms with van der Waals surface area (Å²) in [5.41, 5.74) is 9.29. The van der Waals surface area contributed by atoms with E-state index in [1.54, 1.807) is 16.7 Å². The molecule has 4 aromatic rings.